The fraction of sp³-hybridized carbons (Fsp3) is 0.0769. The summed E-state index contributed by atoms with van der Waals surface area (Å²) in [6.07, 6.45) is 0. The zero-order valence-electron chi connectivity index (χ0n) is 7.70. The topological polar surface area (TPSA) is 0 Å². The van der Waals surface area contributed by atoms with Crippen LogP contribution in [0.1, 0.15) is 5.56 Å². The Kier molecular flexibility index (Phi) is 4.21. The van der Waals surface area contributed by atoms with Crippen LogP contribution in [0.3, 0.4) is 0 Å². The molecule has 0 fully saturated rings. The van der Waals surface area contributed by atoms with Crippen LogP contribution >= 0.6 is 0 Å². The van der Waals surface area contributed by atoms with E-state index < -0.39 is 0 Å². The van der Waals surface area contributed by atoms with Crippen LogP contribution in [0.15, 0.2) is 54.6 Å². The number of benzene rings is 1. The lowest BCUT2D eigenvalue weighted by Gasteiger charge is -1.82. The summed E-state index contributed by atoms with van der Waals surface area (Å²) in [5.74, 6) is 0. The highest BCUT2D eigenvalue weighted by Crippen LogP contribution is 1.92. The van der Waals surface area contributed by atoms with Crippen molar-refractivity contribution >= 4 is 0 Å². The Morgan fingerprint density at radius 2 is 1.31 bits per heavy atom. The highest BCUT2D eigenvalue weighted by Gasteiger charge is 1.72. The van der Waals surface area contributed by atoms with Crippen LogP contribution in [0, 0.1) is 19.1 Å². The normalized spacial score (nSPS) is 7.77. The molecule has 0 spiro atoms. The third-order valence-corrected chi connectivity index (χ3v) is 1.49. The first kappa shape index (κ1) is 9.35. The Bertz CT molecular complexity index is 271. The van der Waals surface area contributed by atoms with Crippen molar-refractivity contribution in [3.8, 4) is 0 Å². The van der Waals surface area contributed by atoms with Gasteiger partial charge in [0, 0.05) is 0 Å². The first-order chi connectivity index (χ1) is 6.39. The maximum absolute atomic E-state index is 2.77. The van der Waals surface area contributed by atoms with E-state index in [1.54, 1.807) is 0 Å². The van der Waals surface area contributed by atoms with Crippen LogP contribution in [-0.2, 0) is 0 Å². The van der Waals surface area contributed by atoms with Gasteiger partial charge in [0.25, 0.3) is 0 Å². The van der Waals surface area contributed by atoms with E-state index in [0.29, 0.717) is 0 Å². The number of hydrogen-bond acceptors (Lipinski definition) is 0. The van der Waals surface area contributed by atoms with Gasteiger partial charge in [-0.15, -0.1) is 0 Å². The molecule has 0 saturated carbocycles. The summed E-state index contributed by atoms with van der Waals surface area (Å²) in [6.45, 7) is 2.08. The van der Waals surface area contributed by atoms with Crippen molar-refractivity contribution in [2.45, 2.75) is 6.92 Å². The number of aryl methyl sites for hydroxylation is 1. The highest BCUT2D eigenvalue weighted by atomic mass is 13.8. The van der Waals surface area contributed by atoms with Crippen molar-refractivity contribution in [1.29, 1.82) is 0 Å². The molecule has 2 aromatic carbocycles. The van der Waals surface area contributed by atoms with Gasteiger partial charge < -0.3 is 0 Å². The molecule has 13 heavy (non-hydrogen) atoms. The molecule has 0 nitrogen and oxygen atoms in total. The summed E-state index contributed by atoms with van der Waals surface area (Å²) in [6, 6.07) is 23.3. The van der Waals surface area contributed by atoms with Crippen molar-refractivity contribution in [1.82, 2.24) is 0 Å². The molecule has 0 bridgehead atoms. The van der Waals surface area contributed by atoms with Crippen molar-refractivity contribution in [3.05, 3.63) is 72.3 Å². The van der Waals surface area contributed by atoms with E-state index in [0.717, 1.165) is 0 Å². The lowest BCUT2D eigenvalue weighted by atomic mass is 10.2. The Balaban J connectivity index is 0.000000132. The average Bonchev–Trinajstić information content (AvgIpc) is 2.22. The van der Waals surface area contributed by atoms with Gasteiger partial charge in [-0.2, -0.15) is 0 Å². The summed E-state index contributed by atoms with van der Waals surface area (Å²) < 4.78 is 0. The fourth-order valence-electron chi connectivity index (χ4n) is 0.838. The lowest BCUT2D eigenvalue weighted by molar-refractivity contribution is 1.48. The fourth-order valence-corrected chi connectivity index (χ4v) is 0.838. The highest BCUT2D eigenvalue weighted by molar-refractivity contribution is 5.11. The maximum Gasteiger partial charge on any atom is -0.0115 e. The summed E-state index contributed by atoms with van der Waals surface area (Å²) in [5.41, 5.74) is 1.32. The first-order valence-corrected chi connectivity index (χ1v) is 4.24. The van der Waals surface area contributed by atoms with Gasteiger partial charge in [0.1, 0.15) is 0 Å². The van der Waals surface area contributed by atoms with Crippen LogP contribution in [0.5, 0.6) is 0 Å². The van der Waals surface area contributed by atoms with Gasteiger partial charge in [-0.05, 0) is 19.1 Å². The summed E-state index contributed by atoms with van der Waals surface area (Å²) in [4.78, 5) is 0. The standard InChI is InChI=1S/C7H8.C6H4/c1-7-5-3-2-4-6-7;1-2-4-6-5-3-1/h2-6H,1H3;1-4H. The smallest absolute Gasteiger partial charge is 0.0115 e. The molecule has 0 amide bonds. The van der Waals surface area contributed by atoms with Gasteiger partial charge in [-0.1, -0.05) is 60.2 Å². The minimum absolute atomic E-state index is 1.32. The lowest BCUT2D eigenvalue weighted by Crippen LogP contribution is -1.62. The Morgan fingerprint density at radius 3 is 1.54 bits per heavy atom. The second-order valence-electron chi connectivity index (χ2n) is 2.66. The summed E-state index contributed by atoms with van der Waals surface area (Å²) in [5, 5.41) is 0. The monoisotopic (exact) mass is 168 g/mol. The predicted octanol–water partition coefficient (Wildman–Crippen LogP) is 3.28. The zero-order chi connectivity index (χ0) is 9.36. The van der Waals surface area contributed by atoms with E-state index in [-0.39, 0.29) is 0 Å². The van der Waals surface area contributed by atoms with Gasteiger partial charge >= 0.3 is 0 Å². The Labute approximate surface area is 79.9 Å². The van der Waals surface area contributed by atoms with Crippen molar-refractivity contribution < 1.29 is 0 Å². The predicted molar refractivity (Wildman–Crippen MR) is 55.3 cm³/mol. The molecule has 0 aromatic heterocycles. The molecule has 0 radical (unpaired) electrons. The third kappa shape index (κ3) is 4.66. The molecule has 0 N–H and O–H groups in total. The molecule has 0 aliphatic heterocycles. The van der Waals surface area contributed by atoms with E-state index in [2.05, 4.69) is 31.2 Å². The molecule has 0 unspecified atom stereocenters. The molecular weight excluding hydrogens is 156 g/mol. The molecule has 0 heteroatoms. The first-order valence-electron chi connectivity index (χ1n) is 4.24. The van der Waals surface area contributed by atoms with Gasteiger partial charge in [0.15, 0.2) is 0 Å². The van der Waals surface area contributed by atoms with Crippen molar-refractivity contribution in [2.75, 3.05) is 0 Å². The van der Waals surface area contributed by atoms with Crippen LogP contribution in [0.4, 0.5) is 0 Å². The van der Waals surface area contributed by atoms with Crippen LogP contribution in [0.2, 0.25) is 0 Å². The second kappa shape index (κ2) is 5.85. The SMILES string of the molecule is Cc1ccccc1.c1ccccc#1. The van der Waals surface area contributed by atoms with E-state index in [9.17, 15) is 0 Å². The molecule has 0 heterocycles. The van der Waals surface area contributed by atoms with Gasteiger partial charge in [-0.3, -0.25) is 0 Å². The molecule has 2 rings (SSSR count). The van der Waals surface area contributed by atoms with Crippen LogP contribution in [0.25, 0.3) is 0 Å². The van der Waals surface area contributed by atoms with E-state index >= 15 is 0 Å². The van der Waals surface area contributed by atoms with Gasteiger partial charge in [0.05, 0.1) is 0 Å². The van der Waals surface area contributed by atoms with Gasteiger partial charge in [0.2, 0.25) is 0 Å². The molecule has 64 valence electrons. The summed E-state index contributed by atoms with van der Waals surface area (Å²) in [7, 11) is 0. The zero-order valence-corrected chi connectivity index (χ0v) is 7.70. The molecule has 0 saturated heterocycles. The van der Waals surface area contributed by atoms with Gasteiger partial charge in [-0.25, -0.2) is 0 Å². The molecule has 0 aliphatic carbocycles. The van der Waals surface area contributed by atoms with Crippen molar-refractivity contribution in [3.63, 3.8) is 0 Å². The number of rotatable bonds is 0. The number of hydrogen-bond donors (Lipinski definition) is 0. The maximum atomic E-state index is 2.77. The quantitative estimate of drug-likeness (QED) is 0.566. The molecule has 2 aromatic rings. The van der Waals surface area contributed by atoms with E-state index in [4.69, 9.17) is 0 Å². The molecular formula is C13H12. The summed E-state index contributed by atoms with van der Waals surface area (Å²) >= 11 is 0. The largest absolute Gasteiger partial charge is 0.0702 e. The van der Waals surface area contributed by atoms with Crippen LogP contribution in [-0.4, -0.2) is 0 Å². The second-order valence-corrected chi connectivity index (χ2v) is 2.66. The minimum Gasteiger partial charge on any atom is -0.0702 e. The average molecular weight is 168 g/mol. The minimum atomic E-state index is 1.32. The van der Waals surface area contributed by atoms with E-state index in [1.807, 2.05) is 42.5 Å². The third-order valence-electron chi connectivity index (χ3n) is 1.49. The van der Waals surface area contributed by atoms with E-state index in [1.165, 1.54) is 5.56 Å². The Morgan fingerprint density at radius 1 is 0.769 bits per heavy atom. The Hall–Kier alpha value is -1.74. The molecule has 0 aliphatic rings. The van der Waals surface area contributed by atoms with Crippen LogP contribution < -0.4 is 0 Å². The van der Waals surface area contributed by atoms with Crippen molar-refractivity contribution in [2.24, 2.45) is 0 Å². The molecule has 0 atom stereocenters.